The number of aryl methyl sites for hydroxylation is 1. The van der Waals surface area contributed by atoms with Crippen LogP contribution < -0.4 is 10.6 Å². The average molecular weight is 292 g/mol. The van der Waals surface area contributed by atoms with E-state index in [2.05, 4.69) is 20.8 Å². The van der Waals surface area contributed by atoms with Crippen LogP contribution in [0, 0.1) is 6.92 Å². The van der Waals surface area contributed by atoms with Crippen molar-refractivity contribution in [2.45, 2.75) is 13.5 Å². The molecular weight excluding hydrogens is 280 g/mol. The normalized spacial score (nSPS) is 10.1. The zero-order chi connectivity index (χ0) is 15.4. The topological polar surface area (TPSA) is 138 Å². The molecule has 0 atom stereocenters. The highest BCUT2D eigenvalue weighted by atomic mass is 16.5. The van der Waals surface area contributed by atoms with E-state index in [0.717, 1.165) is 6.07 Å². The lowest BCUT2D eigenvalue weighted by Crippen LogP contribution is -2.28. The molecule has 0 spiro atoms. The molecule has 0 aliphatic carbocycles. The third-order valence-corrected chi connectivity index (χ3v) is 2.46. The summed E-state index contributed by atoms with van der Waals surface area (Å²) in [4.78, 5) is 26.3. The second-order valence-electron chi connectivity index (χ2n) is 4.08. The molecule has 4 N–H and O–H groups in total. The molecule has 21 heavy (non-hydrogen) atoms. The molecule has 110 valence electrons. The lowest BCUT2D eigenvalue weighted by molar-refractivity contribution is 0.0694. The summed E-state index contributed by atoms with van der Waals surface area (Å²) in [5.74, 6) is -0.976. The fourth-order valence-electron chi connectivity index (χ4n) is 1.53. The van der Waals surface area contributed by atoms with Crippen LogP contribution in [0.4, 0.5) is 10.5 Å². The minimum absolute atomic E-state index is 0.0475. The summed E-state index contributed by atoms with van der Waals surface area (Å²) in [5, 5.41) is 26.7. The van der Waals surface area contributed by atoms with Gasteiger partial charge in [0.05, 0.1) is 6.54 Å². The summed E-state index contributed by atoms with van der Waals surface area (Å²) in [6.07, 6.45) is 0. The standard InChI is InChI=1S/C12H12N4O5/c1-6-14-10(21-16-6)5-13-12(20)15-7-2-3-8(11(18)19)9(17)4-7/h2-4,17H,5H2,1H3,(H,18,19)(H2,13,15,20). The third kappa shape index (κ3) is 3.69. The van der Waals surface area contributed by atoms with Crippen molar-refractivity contribution >= 4 is 17.7 Å². The summed E-state index contributed by atoms with van der Waals surface area (Å²) in [6.45, 7) is 1.70. The molecule has 0 saturated heterocycles. The summed E-state index contributed by atoms with van der Waals surface area (Å²) < 4.78 is 4.82. The van der Waals surface area contributed by atoms with Crippen molar-refractivity contribution in [3.05, 3.63) is 35.5 Å². The molecule has 0 unspecified atom stereocenters. The lowest BCUT2D eigenvalue weighted by atomic mass is 10.2. The second-order valence-corrected chi connectivity index (χ2v) is 4.08. The number of aromatic hydroxyl groups is 1. The number of nitrogens with one attached hydrogen (secondary N) is 2. The van der Waals surface area contributed by atoms with Crippen LogP contribution in [-0.2, 0) is 6.54 Å². The van der Waals surface area contributed by atoms with Gasteiger partial charge in [-0.05, 0) is 19.1 Å². The molecular formula is C12H12N4O5. The number of carboxylic acids is 1. The van der Waals surface area contributed by atoms with Gasteiger partial charge in [-0.25, -0.2) is 9.59 Å². The van der Waals surface area contributed by atoms with Crippen molar-refractivity contribution in [3.8, 4) is 5.75 Å². The summed E-state index contributed by atoms with van der Waals surface area (Å²) in [7, 11) is 0. The molecule has 1 aromatic carbocycles. The predicted molar refractivity (Wildman–Crippen MR) is 70.0 cm³/mol. The van der Waals surface area contributed by atoms with E-state index in [1.165, 1.54) is 12.1 Å². The van der Waals surface area contributed by atoms with E-state index >= 15 is 0 Å². The zero-order valence-corrected chi connectivity index (χ0v) is 11.0. The van der Waals surface area contributed by atoms with Gasteiger partial charge in [-0.2, -0.15) is 4.98 Å². The Labute approximate surface area is 118 Å². The van der Waals surface area contributed by atoms with Crippen LogP contribution in [0.25, 0.3) is 0 Å². The Morgan fingerprint density at radius 3 is 2.71 bits per heavy atom. The number of aromatic nitrogens is 2. The van der Waals surface area contributed by atoms with Gasteiger partial charge >= 0.3 is 12.0 Å². The van der Waals surface area contributed by atoms with Gasteiger partial charge in [0.15, 0.2) is 5.82 Å². The SMILES string of the molecule is Cc1noc(CNC(=O)Nc2ccc(C(=O)O)c(O)c2)n1. The Kier molecular flexibility index (Phi) is 4.02. The lowest BCUT2D eigenvalue weighted by Gasteiger charge is -2.07. The minimum Gasteiger partial charge on any atom is -0.507 e. The van der Waals surface area contributed by atoms with Crippen LogP contribution >= 0.6 is 0 Å². The molecule has 0 aliphatic rings. The molecule has 2 aromatic rings. The van der Waals surface area contributed by atoms with Crippen molar-refractivity contribution in [1.82, 2.24) is 15.5 Å². The number of anilines is 1. The number of amides is 2. The first-order chi connectivity index (χ1) is 9.95. The molecule has 0 radical (unpaired) electrons. The van der Waals surface area contributed by atoms with E-state index in [1.54, 1.807) is 6.92 Å². The minimum atomic E-state index is -1.25. The van der Waals surface area contributed by atoms with Gasteiger partial charge in [0.1, 0.15) is 11.3 Å². The fraction of sp³-hybridized carbons (Fsp3) is 0.167. The first kappa shape index (κ1) is 14.3. The molecule has 2 rings (SSSR count). The van der Waals surface area contributed by atoms with E-state index in [9.17, 15) is 14.7 Å². The number of urea groups is 1. The number of aromatic carboxylic acids is 1. The first-order valence-electron chi connectivity index (χ1n) is 5.86. The van der Waals surface area contributed by atoms with Crippen molar-refractivity contribution in [3.63, 3.8) is 0 Å². The van der Waals surface area contributed by atoms with E-state index in [4.69, 9.17) is 9.63 Å². The van der Waals surface area contributed by atoms with E-state index in [0.29, 0.717) is 5.82 Å². The third-order valence-electron chi connectivity index (χ3n) is 2.46. The van der Waals surface area contributed by atoms with E-state index in [-0.39, 0.29) is 23.7 Å². The van der Waals surface area contributed by atoms with Gasteiger partial charge in [-0.3, -0.25) is 0 Å². The molecule has 0 aliphatic heterocycles. The van der Waals surface area contributed by atoms with Gasteiger partial charge in [-0.1, -0.05) is 5.16 Å². The maximum absolute atomic E-state index is 11.6. The summed E-state index contributed by atoms with van der Waals surface area (Å²) in [5.41, 5.74) is -0.000923. The molecule has 0 fully saturated rings. The monoisotopic (exact) mass is 292 g/mol. The predicted octanol–water partition coefficient (Wildman–Crippen LogP) is 1.10. The maximum Gasteiger partial charge on any atom is 0.339 e. The molecule has 1 aromatic heterocycles. The maximum atomic E-state index is 11.6. The van der Waals surface area contributed by atoms with Crippen LogP contribution in [0.5, 0.6) is 5.75 Å². The number of carbonyl (C=O) groups is 2. The van der Waals surface area contributed by atoms with Crippen molar-refractivity contribution in [2.24, 2.45) is 0 Å². The average Bonchev–Trinajstić information content (AvgIpc) is 2.82. The summed E-state index contributed by atoms with van der Waals surface area (Å²) in [6, 6.07) is 3.13. The number of carbonyl (C=O) groups excluding carboxylic acids is 1. The molecule has 9 nitrogen and oxygen atoms in total. The number of rotatable bonds is 4. The van der Waals surface area contributed by atoms with E-state index in [1.807, 2.05) is 0 Å². The van der Waals surface area contributed by atoms with Gasteiger partial charge in [-0.15, -0.1) is 0 Å². The first-order valence-corrected chi connectivity index (χ1v) is 5.86. The molecule has 1 heterocycles. The number of benzene rings is 1. The van der Waals surface area contributed by atoms with Crippen molar-refractivity contribution in [1.29, 1.82) is 0 Å². The molecule has 2 amide bonds. The highest BCUT2D eigenvalue weighted by molar-refractivity contribution is 5.93. The fourth-order valence-corrected chi connectivity index (χ4v) is 1.53. The highest BCUT2D eigenvalue weighted by Gasteiger charge is 2.11. The van der Waals surface area contributed by atoms with Gasteiger partial charge in [0.25, 0.3) is 0 Å². The Balaban J connectivity index is 1.93. The number of hydrogen-bond acceptors (Lipinski definition) is 6. The van der Waals surface area contributed by atoms with Crippen LogP contribution in [0.2, 0.25) is 0 Å². The quantitative estimate of drug-likeness (QED) is 0.662. The van der Waals surface area contributed by atoms with Gasteiger partial charge in [0.2, 0.25) is 5.89 Å². The second kappa shape index (κ2) is 5.90. The number of nitrogens with zero attached hydrogens (tertiary/aromatic N) is 2. The number of carboxylic acid groups (broad SMARTS) is 1. The van der Waals surface area contributed by atoms with Crippen LogP contribution in [0.3, 0.4) is 0 Å². The number of phenols is 1. The molecule has 0 bridgehead atoms. The van der Waals surface area contributed by atoms with Gasteiger partial charge in [0, 0.05) is 11.8 Å². The molecule has 9 heteroatoms. The van der Waals surface area contributed by atoms with E-state index < -0.39 is 17.7 Å². The Morgan fingerprint density at radius 2 is 2.14 bits per heavy atom. The summed E-state index contributed by atoms with van der Waals surface area (Å²) >= 11 is 0. The number of hydrogen-bond donors (Lipinski definition) is 4. The molecule has 0 saturated carbocycles. The van der Waals surface area contributed by atoms with Crippen LogP contribution in [0.15, 0.2) is 22.7 Å². The van der Waals surface area contributed by atoms with Crippen molar-refractivity contribution < 1.29 is 24.3 Å². The Bertz CT molecular complexity index is 682. The Hall–Kier alpha value is -3.10. The highest BCUT2D eigenvalue weighted by Crippen LogP contribution is 2.21. The van der Waals surface area contributed by atoms with Gasteiger partial charge < -0.3 is 25.4 Å². The van der Waals surface area contributed by atoms with Crippen LogP contribution in [0.1, 0.15) is 22.1 Å². The largest absolute Gasteiger partial charge is 0.507 e. The zero-order valence-electron chi connectivity index (χ0n) is 11.0. The van der Waals surface area contributed by atoms with Crippen molar-refractivity contribution in [2.75, 3.05) is 5.32 Å². The van der Waals surface area contributed by atoms with Crippen LogP contribution in [-0.4, -0.2) is 32.4 Å². The Morgan fingerprint density at radius 1 is 1.38 bits per heavy atom. The smallest absolute Gasteiger partial charge is 0.339 e.